The summed E-state index contributed by atoms with van der Waals surface area (Å²) < 4.78 is 25.2. The van der Waals surface area contributed by atoms with Crippen LogP contribution < -0.4 is 4.72 Å². The minimum atomic E-state index is -3.36. The molecule has 0 aliphatic rings. The molecule has 0 amide bonds. The molecule has 0 saturated heterocycles. The van der Waals surface area contributed by atoms with E-state index in [0.29, 0.717) is 0 Å². The molecule has 0 saturated carbocycles. The second-order valence-corrected chi connectivity index (χ2v) is 5.23. The summed E-state index contributed by atoms with van der Waals surface area (Å²) in [6, 6.07) is 1.68. The van der Waals surface area contributed by atoms with Crippen LogP contribution in [0.2, 0.25) is 0 Å². The van der Waals surface area contributed by atoms with Crippen LogP contribution in [0.4, 0.5) is 0 Å². The van der Waals surface area contributed by atoms with E-state index < -0.39 is 10.0 Å². The smallest absolute Gasteiger partial charge is 0.241 e. The van der Waals surface area contributed by atoms with Gasteiger partial charge < -0.3 is 0 Å². The van der Waals surface area contributed by atoms with Gasteiger partial charge in [0.05, 0.1) is 0 Å². The molecule has 0 aliphatic carbocycles. The van der Waals surface area contributed by atoms with Gasteiger partial charge in [0.25, 0.3) is 0 Å². The Labute approximate surface area is 90.8 Å². The molecule has 0 aromatic carbocycles. The molecule has 0 unspecified atom stereocenters. The zero-order chi connectivity index (χ0) is 11.3. The van der Waals surface area contributed by atoms with Crippen LogP contribution in [0.25, 0.3) is 0 Å². The molecule has 15 heavy (non-hydrogen) atoms. The van der Waals surface area contributed by atoms with Crippen molar-refractivity contribution in [3.63, 3.8) is 0 Å². The van der Waals surface area contributed by atoms with E-state index in [2.05, 4.69) is 16.6 Å². The molecule has 1 rings (SSSR count). The Balaban J connectivity index is 2.93. The van der Waals surface area contributed by atoms with Gasteiger partial charge in [0.2, 0.25) is 10.0 Å². The van der Waals surface area contributed by atoms with Crippen LogP contribution in [0.15, 0.2) is 23.4 Å². The number of nitrogens with one attached hydrogen (secondary N) is 1. The third kappa shape index (κ3) is 3.28. The first-order valence-electron chi connectivity index (χ1n) is 4.97. The Hall–Kier alpha value is -0.940. The number of hydrogen-bond donors (Lipinski definition) is 1. The van der Waals surface area contributed by atoms with Crippen LogP contribution in [-0.4, -0.2) is 20.4 Å². The van der Waals surface area contributed by atoms with Crippen molar-refractivity contribution in [2.24, 2.45) is 0 Å². The second-order valence-electron chi connectivity index (χ2n) is 3.34. The van der Waals surface area contributed by atoms with Crippen molar-refractivity contribution >= 4 is 10.0 Å². The van der Waals surface area contributed by atoms with Gasteiger partial charge in [-0.1, -0.05) is 13.3 Å². The molecule has 4 nitrogen and oxygen atoms in total. The summed E-state index contributed by atoms with van der Waals surface area (Å²) in [5.41, 5.74) is 0.966. The quantitative estimate of drug-likeness (QED) is 0.827. The van der Waals surface area contributed by atoms with Gasteiger partial charge >= 0.3 is 0 Å². The highest BCUT2D eigenvalue weighted by Gasteiger charge is 2.11. The van der Waals surface area contributed by atoms with Crippen LogP contribution in [0, 0.1) is 0 Å². The fraction of sp³-hybridized carbons (Fsp3) is 0.500. The number of rotatable bonds is 5. The molecular weight excluding hydrogens is 212 g/mol. The molecule has 1 N–H and O–H groups in total. The van der Waals surface area contributed by atoms with Gasteiger partial charge in [0.1, 0.15) is 4.90 Å². The predicted molar refractivity (Wildman–Crippen MR) is 59.1 cm³/mol. The van der Waals surface area contributed by atoms with E-state index in [-0.39, 0.29) is 4.90 Å². The van der Waals surface area contributed by atoms with E-state index in [0.717, 1.165) is 24.8 Å². The Morgan fingerprint density at radius 2 is 2.13 bits per heavy atom. The number of unbranched alkanes of at least 4 members (excludes halogenated alkanes) is 1. The van der Waals surface area contributed by atoms with Gasteiger partial charge in [-0.05, 0) is 31.5 Å². The van der Waals surface area contributed by atoms with Crippen molar-refractivity contribution in [1.29, 1.82) is 0 Å². The molecule has 1 aromatic rings. The molecule has 1 aromatic heterocycles. The van der Waals surface area contributed by atoms with E-state index in [1.54, 1.807) is 12.3 Å². The topological polar surface area (TPSA) is 59.1 Å². The lowest BCUT2D eigenvalue weighted by Gasteiger charge is -2.04. The van der Waals surface area contributed by atoms with E-state index in [9.17, 15) is 8.42 Å². The minimum absolute atomic E-state index is 0.235. The van der Waals surface area contributed by atoms with E-state index >= 15 is 0 Å². The van der Waals surface area contributed by atoms with Gasteiger partial charge in [-0.2, -0.15) is 0 Å². The maximum atomic E-state index is 11.5. The Morgan fingerprint density at radius 3 is 2.73 bits per heavy atom. The number of aryl methyl sites for hydroxylation is 1. The van der Waals surface area contributed by atoms with E-state index in [1.807, 2.05) is 0 Å². The van der Waals surface area contributed by atoms with Crippen molar-refractivity contribution < 1.29 is 8.42 Å². The van der Waals surface area contributed by atoms with Gasteiger partial charge in [0, 0.05) is 12.4 Å². The molecule has 5 heteroatoms. The number of hydrogen-bond acceptors (Lipinski definition) is 3. The van der Waals surface area contributed by atoms with Crippen LogP contribution in [0.3, 0.4) is 0 Å². The molecule has 0 atom stereocenters. The molecule has 0 fully saturated rings. The third-order valence-corrected chi connectivity index (χ3v) is 3.55. The van der Waals surface area contributed by atoms with Crippen LogP contribution in [0.5, 0.6) is 0 Å². The first-order chi connectivity index (χ1) is 7.10. The van der Waals surface area contributed by atoms with Crippen molar-refractivity contribution in [1.82, 2.24) is 9.71 Å². The van der Waals surface area contributed by atoms with E-state index in [1.165, 1.54) is 13.2 Å². The highest BCUT2D eigenvalue weighted by Crippen LogP contribution is 2.11. The summed E-state index contributed by atoms with van der Waals surface area (Å²) in [6.45, 7) is 2.10. The summed E-state index contributed by atoms with van der Waals surface area (Å²) >= 11 is 0. The Kier molecular flexibility index (Phi) is 4.23. The zero-order valence-electron chi connectivity index (χ0n) is 9.03. The second kappa shape index (κ2) is 5.23. The normalized spacial score (nSPS) is 11.6. The summed E-state index contributed by atoms with van der Waals surface area (Å²) in [5, 5.41) is 0. The van der Waals surface area contributed by atoms with Gasteiger partial charge in [-0.25, -0.2) is 13.1 Å². The molecule has 84 valence electrons. The molecule has 0 bridgehead atoms. The Morgan fingerprint density at radius 1 is 1.40 bits per heavy atom. The SMILES string of the molecule is CCCCc1cncc(S(=O)(=O)NC)c1. The van der Waals surface area contributed by atoms with Gasteiger partial charge in [-0.15, -0.1) is 0 Å². The summed E-state index contributed by atoms with van der Waals surface area (Å²) in [6.07, 6.45) is 6.08. The maximum absolute atomic E-state index is 11.5. The summed E-state index contributed by atoms with van der Waals surface area (Å²) in [7, 11) is -1.96. The first-order valence-corrected chi connectivity index (χ1v) is 6.46. The Bertz CT molecular complexity index is 415. The van der Waals surface area contributed by atoms with Crippen molar-refractivity contribution in [3.05, 3.63) is 24.0 Å². The lowest BCUT2D eigenvalue weighted by Crippen LogP contribution is -2.18. The van der Waals surface area contributed by atoms with Crippen LogP contribution >= 0.6 is 0 Å². The average Bonchev–Trinajstić information content (AvgIpc) is 2.27. The summed E-state index contributed by atoms with van der Waals surface area (Å²) in [5.74, 6) is 0. The highest BCUT2D eigenvalue weighted by molar-refractivity contribution is 7.89. The number of nitrogens with zero attached hydrogens (tertiary/aromatic N) is 1. The molecule has 0 spiro atoms. The van der Waals surface area contributed by atoms with Gasteiger partial charge in [0.15, 0.2) is 0 Å². The van der Waals surface area contributed by atoms with E-state index in [4.69, 9.17) is 0 Å². The van der Waals surface area contributed by atoms with Crippen molar-refractivity contribution in [3.8, 4) is 0 Å². The predicted octanol–water partition coefficient (Wildman–Crippen LogP) is 1.33. The number of pyridine rings is 1. The maximum Gasteiger partial charge on any atom is 0.241 e. The summed E-state index contributed by atoms with van der Waals surface area (Å²) in [4.78, 5) is 4.17. The highest BCUT2D eigenvalue weighted by atomic mass is 32.2. The average molecular weight is 228 g/mol. The fourth-order valence-electron chi connectivity index (χ4n) is 1.25. The number of sulfonamides is 1. The third-order valence-electron chi connectivity index (χ3n) is 2.17. The van der Waals surface area contributed by atoms with Crippen molar-refractivity contribution in [2.75, 3.05) is 7.05 Å². The lowest BCUT2D eigenvalue weighted by molar-refractivity contribution is 0.587. The molecule has 0 aliphatic heterocycles. The minimum Gasteiger partial charge on any atom is -0.263 e. The van der Waals surface area contributed by atoms with Gasteiger partial charge in [-0.3, -0.25) is 4.98 Å². The zero-order valence-corrected chi connectivity index (χ0v) is 9.84. The lowest BCUT2D eigenvalue weighted by atomic mass is 10.1. The van der Waals surface area contributed by atoms with Crippen LogP contribution in [0.1, 0.15) is 25.3 Å². The standard InChI is InChI=1S/C10H16N2O2S/c1-3-4-5-9-6-10(8-12-7-9)15(13,14)11-2/h6-8,11H,3-5H2,1-2H3. The molecule has 0 radical (unpaired) electrons. The fourth-order valence-corrected chi connectivity index (χ4v) is 1.99. The largest absolute Gasteiger partial charge is 0.263 e. The first kappa shape index (κ1) is 12.1. The molecule has 1 heterocycles. The molecular formula is C10H16N2O2S. The van der Waals surface area contributed by atoms with Crippen molar-refractivity contribution in [2.45, 2.75) is 31.1 Å². The number of aromatic nitrogens is 1. The van der Waals surface area contributed by atoms with Crippen LogP contribution in [-0.2, 0) is 16.4 Å². The monoisotopic (exact) mass is 228 g/mol.